The Balaban J connectivity index is 2.18. The van der Waals surface area contributed by atoms with Crippen molar-refractivity contribution in [2.75, 3.05) is 11.1 Å². The molecular weight excluding hydrogens is 242 g/mol. The number of nitrogens with two attached hydrogens (primary N) is 1. The van der Waals surface area contributed by atoms with Gasteiger partial charge in [0.1, 0.15) is 5.76 Å². The molecule has 2 rings (SSSR count). The van der Waals surface area contributed by atoms with E-state index in [-0.39, 0.29) is 5.89 Å². The zero-order valence-electron chi connectivity index (χ0n) is 9.03. The summed E-state index contributed by atoms with van der Waals surface area (Å²) in [5.74, 6) is 0.110. The van der Waals surface area contributed by atoms with E-state index < -0.39 is 5.91 Å². The van der Waals surface area contributed by atoms with Gasteiger partial charge in [-0.2, -0.15) is 0 Å². The maximum absolute atomic E-state index is 11.7. The molecule has 0 aliphatic carbocycles. The van der Waals surface area contributed by atoms with Crippen LogP contribution in [0.2, 0.25) is 5.02 Å². The van der Waals surface area contributed by atoms with Gasteiger partial charge in [-0.3, -0.25) is 4.79 Å². The van der Waals surface area contributed by atoms with Gasteiger partial charge in [0.05, 0.1) is 16.9 Å². The van der Waals surface area contributed by atoms with Crippen molar-refractivity contribution in [1.82, 2.24) is 4.98 Å². The molecule has 0 bridgehead atoms. The number of aromatic nitrogens is 1. The number of rotatable bonds is 2. The zero-order valence-corrected chi connectivity index (χ0v) is 9.78. The van der Waals surface area contributed by atoms with Crippen LogP contribution in [0.5, 0.6) is 0 Å². The summed E-state index contributed by atoms with van der Waals surface area (Å²) in [6.45, 7) is 1.71. The summed E-state index contributed by atoms with van der Waals surface area (Å²) >= 11 is 5.92. The predicted octanol–water partition coefficient (Wildman–Crippen LogP) is 2.47. The third-order valence-corrected chi connectivity index (χ3v) is 2.37. The number of hydrogen-bond acceptors (Lipinski definition) is 4. The lowest BCUT2D eigenvalue weighted by molar-refractivity contribution is 0.0989. The Hall–Kier alpha value is -2.01. The van der Waals surface area contributed by atoms with Crippen molar-refractivity contribution in [1.29, 1.82) is 0 Å². The second-order valence-electron chi connectivity index (χ2n) is 3.47. The highest BCUT2D eigenvalue weighted by molar-refractivity contribution is 6.34. The van der Waals surface area contributed by atoms with E-state index >= 15 is 0 Å². The molecule has 5 nitrogen and oxygen atoms in total. The second kappa shape index (κ2) is 4.47. The Bertz CT molecular complexity index is 566. The summed E-state index contributed by atoms with van der Waals surface area (Å²) in [6, 6.07) is 4.81. The summed E-state index contributed by atoms with van der Waals surface area (Å²) in [7, 11) is 0. The molecule has 0 spiro atoms. The molecule has 1 heterocycles. The molecule has 0 saturated heterocycles. The molecule has 0 radical (unpaired) electrons. The normalized spacial score (nSPS) is 10.2. The number of benzene rings is 1. The van der Waals surface area contributed by atoms with Crippen LogP contribution in [-0.2, 0) is 0 Å². The molecule has 0 fully saturated rings. The number of nitrogens with one attached hydrogen (secondary N) is 1. The van der Waals surface area contributed by atoms with Gasteiger partial charge in [-0.1, -0.05) is 11.6 Å². The van der Waals surface area contributed by atoms with Gasteiger partial charge in [-0.05, 0) is 25.1 Å². The fourth-order valence-corrected chi connectivity index (χ4v) is 1.50. The quantitative estimate of drug-likeness (QED) is 0.804. The first-order valence-electron chi connectivity index (χ1n) is 4.85. The molecule has 17 heavy (non-hydrogen) atoms. The lowest BCUT2D eigenvalue weighted by Crippen LogP contribution is -2.12. The molecule has 2 aromatic rings. The summed E-state index contributed by atoms with van der Waals surface area (Å²) in [5, 5.41) is 2.95. The van der Waals surface area contributed by atoms with Crippen LogP contribution in [0.3, 0.4) is 0 Å². The lowest BCUT2D eigenvalue weighted by atomic mass is 10.3. The smallest absolute Gasteiger partial charge is 0.311 e. The minimum atomic E-state index is -0.454. The minimum absolute atomic E-state index is 0.00427. The van der Waals surface area contributed by atoms with Crippen molar-refractivity contribution >= 4 is 28.9 Å². The number of nitrogens with zero attached hydrogens (tertiary/aromatic N) is 1. The van der Waals surface area contributed by atoms with Gasteiger partial charge in [0, 0.05) is 5.69 Å². The number of aryl methyl sites for hydroxylation is 1. The number of carbonyl (C=O) groups is 1. The standard InChI is InChI=1S/C11H10ClN3O2/c1-6-5-14-11(17-6)10(16)15-9-3-2-7(13)4-8(9)12/h2-5H,13H2,1H3,(H,15,16). The van der Waals surface area contributed by atoms with Gasteiger partial charge < -0.3 is 15.5 Å². The number of nitrogen functional groups attached to an aromatic ring is 1. The number of amides is 1. The Morgan fingerprint density at radius 3 is 2.88 bits per heavy atom. The van der Waals surface area contributed by atoms with Gasteiger partial charge >= 0.3 is 5.91 Å². The van der Waals surface area contributed by atoms with Crippen LogP contribution in [-0.4, -0.2) is 10.9 Å². The first-order chi connectivity index (χ1) is 8.06. The van der Waals surface area contributed by atoms with Gasteiger partial charge in [-0.15, -0.1) is 0 Å². The van der Waals surface area contributed by atoms with Gasteiger partial charge in [0.2, 0.25) is 0 Å². The van der Waals surface area contributed by atoms with E-state index in [0.29, 0.717) is 22.2 Å². The molecule has 0 aliphatic heterocycles. The number of hydrogen-bond donors (Lipinski definition) is 2. The Morgan fingerprint density at radius 2 is 2.29 bits per heavy atom. The summed E-state index contributed by atoms with van der Waals surface area (Å²) in [5.41, 5.74) is 6.53. The molecule has 1 aromatic heterocycles. The first-order valence-corrected chi connectivity index (χ1v) is 5.23. The van der Waals surface area contributed by atoms with Crippen molar-refractivity contribution in [3.63, 3.8) is 0 Å². The Kier molecular flexibility index (Phi) is 3.01. The molecule has 6 heteroatoms. The summed E-state index contributed by atoms with van der Waals surface area (Å²) in [4.78, 5) is 15.5. The van der Waals surface area contributed by atoms with E-state index in [2.05, 4.69) is 10.3 Å². The van der Waals surface area contributed by atoms with E-state index in [0.717, 1.165) is 0 Å². The van der Waals surface area contributed by atoms with Gasteiger partial charge in [0.25, 0.3) is 5.89 Å². The Morgan fingerprint density at radius 1 is 1.53 bits per heavy atom. The summed E-state index contributed by atoms with van der Waals surface area (Å²) < 4.78 is 5.09. The highest BCUT2D eigenvalue weighted by Crippen LogP contribution is 2.24. The molecule has 1 amide bonds. The number of halogens is 1. The molecule has 1 aromatic carbocycles. The van der Waals surface area contributed by atoms with Crippen LogP contribution in [0, 0.1) is 6.92 Å². The van der Waals surface area contributed by atoms with E-state index in [1.165, 1.54) is 6.20 Å². The van der Waals surface area contributed by atoms with Gasteiger partial charge in [-0.25, -0.2) is 4.98 Å². The van der Waals surface area contributed by atoms with E-state index in [4.69, 9.17) is 21.8 Å². The van der Waals surface area contributed by atoms with Crippen molar-refractivity contribution in [3.05, 3.63) is 41.1 Å². The zero-order chi connectivity index (χ0) is 12.4. The van der Waals surface area contributed by atoms with Crippen LogP contribution >= 0.6 is 11.6 Å². The highest BCUT2D eigenvalue weighted by Gasteiger charge is 2.13. The average Bonchev–Trinajstić information content (AvgIpc) is 2.69. The molecule has 0 saturated carbocycles. The van der Waals surface area contributed by atoms with Crippen molar-refractivity contribution < 1.29 is 9.21 Å². The SMILES string of the molecule is Cc1cnc(C(=O)Nc2ccc(N)cc2Cl)o1. The molecule has 0 atom stereocenters. The average molecular weight is 252 g/mol. The fraction of sp³-hybridized carbons (Fsp3) is 0.0909. The third-order valence-electron chi connectivity index (χ3n) is 2.06. The van der Waals surface area contributed by atoms with Crippen molar-refractivity contribution in [2.24, 2.45) is 0 Å². The molecule has 0 aliphatic rings. The van der Waals surface area contributed by atoms with Crippen LogP contribution in [0.25, 0.3) is 0 Å². The van der Waals surface area contributed by atoms with E-state index in [1.54, 1.807) is 25.1 Å². The molecule has 88 valence electrons. The lowest BCUT2D eigenvalue weighted by Gasteiger charge is -2.05. The Labute approximate surface area is 103 Å². The van der Waals surface area contributed by atoms with E-state index in [9.17, 15) is 4.79 Å². The van der Waals surface area contributed by atoms with Crippen LogP contribution in [0.1, 0.15) is 16.4 Å². The topological polar surface area (TPSA) is 81.2 Å². The maximum atomic E-state index is 11.7. The van der Waals surface area contributed by atoms with Crippen molar-refractivity contribution in [3.8, 4) is 0 Å². The number of anilines is 2. The fourth-order valence-electron chi connectivity index (χ4n) is 1.27. The monoisotopic (exact) mass is 251 g/mol. The van der Waals surface area contributed by atoms with Crippen molar-refractivity contribution in [2.45, 2.75) is 6.92 Å². The van der Waals surface area contributed by atoms with Crippen LogP contribution in [0.15, 0.2) is 28.8 Å². The molecular formula is C11H10ClN3O2. The van der Waals surface area contributed by atoms with Crippen LogP contribution < -0.4 is 11.1 Å². The summed E-state index contributed by atoms with van der Waals surface area (Å²) in [6.07, 6.45) is 1.47. The number of oxazole rings is 1. The largest absolute Gasteiger partial charge is 0.438 e. The maximum Gasteiger partial charge on any atom is 0.311 e. The molecule has 0 unspecified atom stereocenters. The second-order valence-corrected chi connectivity index (χ2v) is 3.88. The predicted molar refractivity (Wildman–Crippen MR) is 65.1 cm³/mol. The highest BCUT2D eigenvalue weighted by atomic mass is 35.5. The molecule has 3 N–H and O–H groups in total. The number of carbonyl (C=O) groups excluding carboxylic acids is 1. The third kappa shape index (κ3) is 2.57. The van der Waals surface area contributed by atoms with Crippen LogP contribution in [0.4, 0.5) is 11.4 Å². The minimum Gasteiger partial charge on any atom is -0.438 e. The van der Waals surface area contributed by atoms with E-state index in [1.807, 2.05) is 0 Å². The van der Waals surface area contributed by atoms with Gasteiger partial charge in [0.15, 0.2) is 0 Å². The first kappa shape index (κ1) is 11.5.